The summed E-state index contributed by atoms with van der Waals surface area (Å²) in [4.78, 5) is 1.28. The van der Waals surface area contributed by atoms with Gasteiger partial charge in [0.15, 0.2) is 0 Å². The Morgan fingerprint density at radius 2 is 1.50 bits per heavy atom. The summed E-state index contributed by atoms with van der Waals surface area (Å²) in [7, 11) is 0. The molecule has 0 aliphatic heterocycles. The van der Waals surface area contributed by atoms with Crippen molar-refractivity contribution in [1.29, 1.82) is 0 Å². The second-order valence-corrected chi connectivity index (χ2v) is 10.0. The molecule has 0 saturated carbocycles. The molecule has 0 amide bonds. The summed E-state index contributed by atoms with van der Waals surface area (Å²) < 4.78 is 6.45. The molecule has 0 N–H and O–H groups in total. The number of thiophene rings is 1. The highest BCUT2D eigenvalue weighted by Gasteiger charge is 2.20. The van der Waals surface area contributed by atoms with Gasteiger partial charge in [-0.25, -0.2) is 0 Å². The molecular weight excluding hydrogens is 360 g/mol. The topological polar surface area (TPSA) is 9.23 Å². The number of hydrogen-bond acceptors (Lipinski definition) is 2. The van der Waals surface area contributed by atoms with Gasteiger partial charge in [-0.05, 0) is 76.6 Å². The minimum Gasteiger partial charge on any atom is -0.485 e. The van der Waals surface area contributed by atoms with Gasteiger partial charge in [-0.1, -0.05) is 65.0 Å². The van der Waals surface area contributed by atoms with E-state index in [0.29, 0.717) is 5.92 Å². The minimum atomic E-state index is 0.0933. The van der Waals surface area contributed by atoms with Crippen molar-refractivity contribution in [3.63, 3.8) is 0 Å². The Kier molecular flexibility index (Phi) is 6.00. The van der Waals surface area contributed by atoms with E-state index in [1.165, 1.54) is 32.7 Å². The lowest BCUT2D eigenvalue weighted by Gasteiger charge is -2.23. The second-order valence-electron chi connectivity index (χ2n) is 9.06. The van der Waals surface area contributed by atoms with Crippen molar-refractivity contribution in [1.82, 2.24) is 0 Å². The Morgan fingerprint density at radius 1 is 0.893 bits per heavy atom. The van der Waals surface area contributed by atoms with E-state index in [-0.39, 0.29) is 11.5 Å². The minimum absolute atomic E-state index is 0.0933. The van der Waals surface area contributed by atoms with Gasteiger partial charge in [-0.2, -0.15) is 0 Å². The van der Waals surface area contributed by atoms with Gasteiger partial charge in [0.05, 0.1) is 0 Å². The van der Waals surface area contributed by atoms with Gasteiger partial charge in [0.2, 0.25) is 0 Å². The van der Waals surface area contributed by atoms with Gasteiger partial charge in [0, 0.05) is 4.88 Å². The second kappa shape index (κ2) is 8.13. The zero-order valence-corrected chi connectivity index (χ0v) is 19.0. The Bertz CT molecular complexity index is 889. The van der Waals surface area contributed by atoms with Crippen molar-refractivity contribution in [3.8, 4) is 16.9 Å². The van der Waals surface area contributed by atoms with Gasteiger partial charge in [0.1, 0.15) is 11.9 Å². The van der Waals surface area contributed by atoms with Crippen molar-refractivity contribution < 1.29 is 4.74 Å². The summed E-state index contributed by atoms with van der Waals surface area (Å²) in [6, 6.07) is 17.6. The highest BCUT2D eigenvalue weighted by molar-refractivity contribution is 7.10. The third kappa shape index (κ3) is 4.50. The highest BCUT2D eigenvalue weighted by Crippen LogP contribution is 2.36. The summed E-state index contributed by atoms with van der Waals surface area (Å²) in [5.74, 6) is 1.38. The molecule has 0 radical (unpaired) electrons. The van der Waals surface area contributed by atoms with Gasteiger partial charge in [-0.3, -0.25) is 0 Å². The smallest absolute Gasteiger partial charge is 0.135 e. The molecule has 0 aliphatic carbocycles. The van der Waals surface area contributed by atoms with E-state index in [9.17, 15) is 0 Å². The molecule has 2 aromatic carbocycles. The number of benzene rings is 2. The first-order valence-electron chi connectivity index (χ1n) is 10.1. The molecule has 0 saturated heterocycles. The van der Waals surface area contributed by atoms with Crippen LogP contribution in [0.5, 0.6) is 5.75 Å². The van der Waals surface area contributed by atoms with E-state index in [1.807, 2.05) is 0 Å². The largest absolute Gasteiger partial charge is 0.485 e. The predicted octanol–water partition coefficient (Wildman–Crippen LogP) is 8.11. The number of ether oxygens (including phenoxy) is 1. The van der Waals surface area contributed by atoms with Gasteiger partial charge in [-0.15, -0.1) is 11.3 Å². The van der Waals surface area contributed by atoms with Crippen molar-refractivity contribution in [2.24, 2.45) is 5.92 Å². The fraction of sp³-hybridized carbons (Fsp3) is 0.385. The van der Waals surface area contributed by atoms with Crippen LogP contribution in [0.15, 0.2) is 53.9 Å². The van der Waals surface area contributed by atoms with Crippen LogP contribution in [0.4, 0.5) is 0 Å². The fourth-order valence-corrected chi connectivity index (χ4v) is 4.63. The molecule has 1 heterocycles. The maximum absolute atomic E-state index is 6.45. The third-order valence-corrected chi connectivity index (χ3v) is 6.17. The lowest BCUT2D eigenvalue weighted by Crippen LogP contribution is -2.13. The van der Waals surface area contributed by atoms with E-state index >= 15 is 0 Å². The molecule has 0 bridgehead atoms. The fourth-order valence-electron chi connectivity index (χ4n) is 3.71. The van der Waals surface area contributed by atoms with E-state index in [1.54, 1.807) is 11.3 Å². The molecule has 0 aliphatic rings. The summed E-state index contributed by atoms with van der Waals surface area (Å²) in [5.41, 5.74) is 6.63. The number of rotatable bonds is 5. The molecule has 1 nitrogen and oxygen atoms in total. The van der Waals surface area contributed by atoms with Gasteiger partial charge >= 0.3 is 0 Å². The van der Waals surface area contributed by atoms with Crippen LogP contribution in [0, 0.1) is 19.8 Å². The zero-order valence-electron chi connectivity index (χ0n) is 18.2. The van der Waals surface area contributed by atoms with Gasteiger partial charge < -0.3 is 4.74 Å². The van der Waals surface area contributed by atoms with Crippen LogP contribution in [0.2, 0.25) is 0 Å². The monoisotopic (exact) mass is 392 g/mol. The van der Waals surface area contributed by atoms with E-state index in [0.717, 1.165) is 5.75 Å². The molecule has 1 unspecified atom stereocenters. The van der Waals surface area contributed by atoms with Crippen LogP contribution in [0.3, 0.4) is 0 Å². The van der Waals surface area contributed by atoms with E-state index in [4.69, 9.17) is 4.74 Å². The summed E-state index contributed by atoms with van der Waals surface area (Å²) >= 11 is 1.77. The summed E-state index contributed by atoms with van der Waals surface area (Å²) in [6.07, 6.45) is 0.0933. The lowest BCUT2D eigenvalue weighted by atomic mass is 9.85. The predicted molar refractivity (Wildman–Crippen MR) is 123 cm³/mol. The average molecular weight is 393 g/mol. The molecule has 1 aromatic heterocycles. The molecule has 0 fully saturated rings. The van der Waals surface area contributed by atoms with E-state index < -0.39 is 0 Å². The number of hydrogen-bond donors (Lipinski definition) is 0. The van der Waals surface area contributed by atoms with Crippen molar-refractivity contribution >= 4 is 11.3 Å². The molecular formula is C26H32OS. The van der Waals surface area contributed by atoms with Crippen LogP contribution in [-0.4, -0.2) is 0 Å². The van der Waals surface area contributed by atoms with Crippen LogP contribution in [0.25, 0.3) is 11.1 Å². The molecule has 0 spiro atoms. The van der Waals surface area contributed by atoms with Crippen LogP contribution in [-0.2, 0) is 5.41 Å². The summed E-state index contributed by atoms with van der Waals surface area (Å²) in [6.45, 7) is 15.6. The Hall–Kier alpha value is -2.06. The van der Waals surface area contributed by atoms with Crippen molar-refractivity contribution in [2.75, 3.05) is 0 Å². The molecule has 28 heavy (non-hydrogen) atoms. The first-order chi connectivity index (χ1) is 13.2. The SMILES string of the molecule is Cc1cc(OC(c2cccs2)C(C)C)cc(C)c1-c1ccc(C(C)(C)C)cc1. The molecule has 148 valence electrons. The maximum Gasteiger partial charge on any atom is 0.135 e. The standard InChI is InChI=1S/C26H32OS/c1-17(2)25(23-9-8-14-28-23)27-22-15-18(3)24(19(4)16-22)20-10-12-21(13-11-20)26(5,6)7/h8-17,25H,1-7H3. The van der Waals surface area contributed by atoms with Gasteiger partial charge in [0.25, 0.3) is 0 Å². The molecule has 1 atom stereocenters. The van der Waals surface area contributed by atoms with Crippen LogP contribution in [0.1, 0.15) is 62.3 Å². The molecule has 3 aromatic rings. The molecule has 3 rings (SSSR count). The third-order valence-electron chi connectivity index (χ3n) is 5.24. The Labute approximate surface area is 174 Å². The Morgan fingerprint density at radius 3 is 1.96 bits per heavy atom. The van der Waals surface area contributed by atoms with Crippen molar-refractivity contribution in [2.45, 2.75) is 60.0 Å². The maximum atomic E-state index is 6.45. The van der Waals surface area contributed by atoms with E-state index in [2.05, 4.69) is 102 Å². The number of aryl methyl sites for hydroxylation is 2. The van der Waals surface area contributed by atoms with Crippen LogP contribution >= 0.6 is 11.3 Å². The normalized spacial score (nSPS) is 13.0. The highest BCUT2D eigenvalue weighted by atomic mass is 32.1. The Balaban J connectivity index is 1.91. The molecule has 2 heteroatoms. The first-order valence-corrected chi connectivity index (χ1v) is 11.0. The van der Waals surface area contributed by atoms with Crippen LogP contribution < -0.4 is 4.74 Å². The zero-order chi connectivity index (χ0) is 20.5. The quantitative estimate of drug-likeness (QED) is 0.426. The lowest BCUT2D eigenvalue weighted by molar-refractivity contribution is 0.157. The average Bonchev–Trinajstić information content (AvgIpc) is 3.12. The van der Waals surface area contributed by atoms with Crippen molar-refractivity contribution in [3.05, 3.63) is 75.5 Å². The first kappa shape index (κ1) is 20.7. The summed E-state index contributed by atoms with van der Waals surface area (Å²) in [5, 5.41) is 2.12.